The molecule has 18 heavy (non-hydrogen) atoms. The average molecular weight is 251 g/mol. The molecular weight excluding hydrogens is 226 g/mol. The molecule has 1 rings (SSSR count). The Balaban J connectivity index is 2.50. The summed E-state index contributed by atoms with van der Waals surface area (Å²) >= 11 is 0. The number of rotatable bonds is 7. The summed E-state index contributed by atoms with van der Waals surface area (Å²) in [6.07, 6.45) is 1.74. The lowest BCUT2D eigenvalue weighted by Gasteiger charge is -2.30. The molecule has 102 valence electrons. The number of pyridine rings is 1. The molecule has 0 saturated heterocycles. The van der Waals surface area contributed by atoms with E-state index < -0.39 is 0 Å². The third kappa shape index (κ3) is 4.27. The van der Waals surface area contributed by atoms with Gasteiger partial charge in [0.05, 0.1) is 5.69 Å². The van der Waals surface area contributed by atoms with Gasteiger partial charge in [-0.3, -0.25) is 9.88 Å². The maximum absolute atomic E-state index is 5.77. The Kier molecular flexibility index (Phi) is 6.09. The van der Waals surface area contributed by atoms with Gasteiger partial charge in [-0.1, -0.05) is 0 Å². The van der Waals surface area contributed by atoms with Crippen molar-refractivity contribution in [2.75, 3.05) is 13.2 Å². The molecule has 0 fully saturated rings. The summed E-state index contributed by atoms with van der Waals surface area (Å²) in [4.78, 5) is 6.60. The summed E-state index contributed by atoms with van der Waals surface area (Å²) in [6, 6.07) is 4.84. The minimum absolute atomic E-state index is 0.411. The van der Waals surface area contributed by atoms with Crippen molar-refractivity contribution in [2.45, 2.75) is 46.3 Å². The summed E-state index contributed by atoms with van der Waals surface area (Å²) in [5.41, 5.74) is 6.44. The first-order valence-electron chi connectivity index (χ1n) is 6.58. The number of nitrogens with two attached hydrogens (primary N) is 1. The summed E-state index contributed by atoms with van der Waals surface area (Å²) in [5.74, 6) is 0.799. The Morgan fingerprint density at radius 3 is 2.50 bits per heavy atom. The van der Waals surface area contributed by atoms with Crippen LogP contribution in [0.5, 0.6) is 5.75 Å². The third-order valence-electron chi connectivity index (χ3n) is 2.98. The quantitative estimate of drug-likeness (QED) is 0.805. The molecule has 0 atom stereocenters. The highest BCUT2D eigenvalue weighted by Crippen LogP contribution is 2.14. The first kappa shape index (κ1) is 14.9. The van der Waals surface area contributed by atoms with Gasteiger partial charge in [0, 0.05) is 31.4 Å². The maximum Gasteiger partial charge on any atom is 0.142 e. The number of nitrogens with zero attached hydrogens (tertiary/aromatic N) is 2. The van der Waals surface area contributed by atoms with Gasteiger partial charge < -0.3 is 10.5 Å². The van der Waals surface area contributed by atoms with Crippen molar-refractivity contribution >= 4 is 0 Å². The lowest BCUT2D eigenvalue weighted by Crippen LogP contribution is -2.39. The molecule has 4 heteroatoms. The first-order valence-corrected chi connectivity index (χ1v) is 6.58. The second kappa shape index (κ2) is 7.34. The molecule has 2 N–H and O–H groups in total. The van der Waals surface area contributed by atoms with Gasteiger partial charge >= 0.3 is 0 Å². The Morgan fingerprint density at radius 2 is 1.94 bits per heavy atom. The van der Waals surface area contributed by atoms with E-state index in [4.69, 9.17) is 10.5 Å². The normalized spacial score (nSPS) is 11.6. The molecule has 1 heterocycles. The van der Waals surface area contributed by atoms with Crippen molar-refractivity contribution in [1.82, 2.24) is 9.88 Å². The number of ether oxygens (including phenoxy) is 1. The summed E-state index contributed by atoms with van der Waals surface area (Å²) in [6.45, 7) is 10.8. The highest BCUT2D eigenvalue weighted by Gasteiger charge is 2.13. The van der Waals surface area contributed by atoms with Crippen LogP contribution in [0.4, 0.5) is 0 Å². The van der Waals surface area contributed by atoms with Crippen molar-refractivity contribution in [3.05, 3.63) is 24.0 Å². The molecule has 0 bridgehead atoms. The third-order valence-corrected chi connectivity index (χ3v) is 2.98. The van der Waals surface area contributed by atoms with E-state index in [-0.39, 0.29) is 0 Å². The molecule has 0 aliphatic carbocycles. The van der Waals surface area contributed by atoms with Crippen LogP contribution in [-0.2, 0) is 6.54 Å². The fourth-order valence-electron chi connectivity index (χ4n) is 2.08. The van der Waals surface area contributed by atoms with Crippen molar-refractivity contribution in [2.24, 2.45) is 5.73 Å². The van der Waals surface area contributed by atoms with Gasteiger partial charge in [-0.2, -0.15) is 0 Å². The number of hydrogen-bond acceptors (Lipinski definition) is 4. The Labute approximate surface area is 110 Å². The lowest BCUT2D eigenvalue weighted by atomic mass is 10.2. The van der Waals surface area contributed by atoms with Crippen LogP contribution in [0.2, 0.25) is 0 Å². The van der Waals surface area contributed by atoms with Gasteiger partial charge in [0.15, 0.2) is 0 Å². The molecule has 0 spiro atoms. The highest BCUT2D eigenvalue weighted by atomic mass is 16.5. The average Bonchev–Trinajstić information content (AvgIpc) is 2.34. The van der Waals surface area contributed by atoms with Crippen LogP contribution in [0.25, 0.3) is 0 Å². The second-order valence-corrected chi connectivity index (χ2v) is 4.93. The molecule has 0 aliphatic heterocycles. The summed E-state index contributed by atoms with van der Waals surface area (Å²) < 4.78 is 5.77. The minimum atomic E-state index is 0.411. The number of hydrogen-bond donors (Lipinski definition) is 1. The van der Waals surface area contributed by atoms with E-state index in [1.807, 2.05) is 12.1 Å². The van der Waals surface area contributed by atoms with Gasteiger partial charge in [-0.25, -0.2) is 0 Å². The summed E-state index contributed by atoms with van der Waals surface area (Å²) in [7, 11) is 0. The van der Waals surface area contributed by atoms with Gasteiger partial charge in [0.25, 0.3) is 0 Å². The van der Waals surface area contributed by atoms with E-state index in [2.05, 4.69) is 37.6 Å². The fourth-order valence-corrected chi connectivity index (χ4v) is 2.08. The molecule has 0 amide bonds. The van der Waals surface area contributed by atoms with Crippen LogP contribution in [-0.4, -0.2) is 35.1 Å². The minimum Gasteiger partial charge on any atom is -0.490 e. The standard InChI is InChI=1S/C14H25N3O/c1-11(2)17(12(3)4)8-9-18-14-6-5-7-16-13(14)10-15/h5-7,11-12H,8-10,15H2,1-4H3. The van der Waals surface area contributed by atoms with Crippen LogP contribution in [0.1, 0.15) is 33.4 Å². The second-order valence-electron chi connectivity index (χ2n) is 4.93. The zero-order chi connectivity index (χ0) is 13.5. The van der Waals surface area contributed by atoms with Crippen LogP contribution in [0.15, 0.2) is 18.3 Å². The zero-order valence-electron chi connectivity index (χ0n) is 11.9. The smallest absolute Gasteiger partial charge is 0.142 e. The molecule has 0 unspecified atom stereocenters. The van der Waals surface area contributed by atoms with Crippen molar-refractivity contribution in [3.8, 4) is 5.75 Å². The largest absolute Gasteiger partial charge is 0.490 e. The summed E-state index contributed by atoms with van der Waals surface area (Å²) in [5, 5.41) is 0. The molecule has 0 saturated carbocycles. The van der Waals surface area contributed by atoms with E-state index in [0.717, 1.165) is 18.0 Å². The van der Waals surface area contributed by atoms with E-state index >= 15 is 0 Å². The Hall–Kier alpha value is -1.13. The maximum atomic E-state index is 5.77. The SMILES string of the molecule is CC(C)N(CCOc1cccnc1CN)C(C)C. The van der Waals surface area contributed by atoms with E-state index in [0.29, 0.717) is 25.2 Å². The molecule has 0 aromatic carbocycles. The van der Waals surface area contributed by atoms with Crippen molar-refractivity contribution in [1.29, 1.82) is 0 Å². The molecule has 0 radical (unpaired) electrons. The Bertz CT molecular complexity index is 345. The van der Waals surface area contributed by atoms with Crippen LogP contribution in [0, 0.1) is 0 Å². The van der Waals surface area contributed by atoms with Crippen LogP contribution >= 0.6 is 0 Å². The highest BCUT2D eigenvalue weighted by molar-refractivity contribution is 5.26. The van der Waals surface area contributed by atoms with E-state index in [1.165, 1.54) is 0 Å². The predicted octanol–water partition coefficient (Wildman–Crippen LogP) is 2.04. The molecule has 1 aromatic rings. The van der Waals surface area contributed by atoms with Gasteiger partial charge in [0.1, 0.15) is 12.4 Å². The van der Waals surface area contributed by atoms with Crippen molar-refractivity contribution < 1.29 is 4.74 Å². The topological polar surface area (TPSA) is 51.4 Å². The number of aromatic nitrogens is 1. The monoisotopic (exact) mass is 251 g/mol. The molecular formula is C14H25N3O. The van der Waals surface area contributed by atoms with Gasteiger partial charge in [0.2, 0.25) is 0 Å². The molecule has 4 nitrogen and oxygen atoms in total. The first-order chi connectivity index (χ1) is 8.56. The van der Waals surface area contributed by atoms with E-state index in [9.17, 15) is 0 Å². The molecule has 0 aliphatic rings. The molecule has 1 aromatic heterocycles. The van der Waals surface area contributed by atoms with Crippen LogP contribution < -0.4 is 10.5 Å². The van der Waals surface area contributed by atoms with Gasteiger partial charge in [-0.05, 0) is 39.8 Å². The lowest BCUT2D eigenvalue weighted by molar-refractivity contribution is 0.141. The van der Waals surface area contributed by atoms with E-state index in [1.54, 1.807) is 6.20 Å². The fraction of sp³-hybridized carbons (Fsp3) is 0.643. The Morgan fingerprint density at radius 1 is 1.28 bits per heavy atom. The zero-order valence-corrected chi connectivity index (χ0v) is 11.9. The van der Waals surface area contributed by atoms with Crippen LogP contribution in [0.3, 0.4) is 0 Å². The van der Waals surface area contributed by atoms with Crippen molar-refractivity contribution in [3.63, 3.8) is 0 Å². The predicted molar refractivity (Wildman–Crippen MR) is 74.6 cm³/mol. The van der Waals surface area contributed by atoms with Gasteiger partial charge in [-0.15, -0.1) is 0 Å².